The van der Waals surface area contributed by atoms with E-state index in [0.717, 1.165) is 5.75 Å². The Morgan fingerprint density at radius 3 is 2.00 bits per heavy atom. The molecule has 0 atom stereocenters. The number of ether oxygens (including phenoxy) is 1. The SMILES string of the molecule is CC(C)(CCOc1ccccc1)C(=O)O.CC(C)C(=O)O. The van der Waals surface area contributed by atoms with E-state index < -0.39 is 17.4 Å². The number of carboxylic acids is 2. The Balaban J connectivity index is 0.000000567. The molecule has 0 radical (unpaired) electrons. The normalized spacial score (nSPS) is 10.5. The fraction of sp³-hybridized carbons (Fsp3) is 0.500. The van der Waals surface area contributed by atoms with Crippen LogP contribution >= 0.6 is 0 Å². The zero-order valence-corrected chi connectivity index (χ0v) is 13.0. The third kappa shape index (κ3) is 8.68. The second kappa shape index (κ2) is 9.00. The molecule has 0 aliphatic heterocycles. The van der Waals surface area contributed by atoms with Gasteiger partial charge in [0.2, 0.25) is 0 Å². The minimum atomic E-state index is -0.792. The van der Waals surface area contributed by atoms with Crippen LogP contribution in [0.25, 0.3) is 0 Å². The first-order chi connectivity index (χ1) is 9.66. The minimum Gasteiger partial charge on any atom is -0.494 e. The summed E-state index contributed by atoms with van der Waals surface area (Å²) in [5.41, 5.74) is -0.727. The molecular weight excluding hydrogens is 272 g/mol. The Morgan fingerprint density at radius 1 is 1.14 bits per heavy atom. The fourth-order valence-corrected chi connectivity index (χ4v) is 1.05. The van der Waals surface area contributed by atoms with Crippen molar-refractivity contribution in [2.45, 2.75) is 34.1 Å². The molecule has 0 spiro atoms. The molecule has 0 aromatic heterocycles. The summed E-state index contributed by atoms with van der Waals surface area (Å²) < 4.78 is 5.43. The van der Waals surface area contributed by atoms with E-state index in [1.165, 1.54) is 0 Å². The number of benzene rings is 1. The molecule has 2 N–H and O–H groups in total. The van der Waals surface area contributed by atoms with Crippen molar-refractivity contribution in [2.75, 3.05) is 6.61 Å². The highest BCUT2D eigenvalue weighted by atomic mass is 16.5. The smallest absolute Gasteiger partial charge is 0.309 e. The molecule has 0 amide bonds. The number of rotatable bonds is 6. The highest BCUT2D eigenvalue weighted by Gasteiger charge is 2.26. The summed E-state index contributed by atoms with van der Waals surface area (Å²) in [5.74, 6) is -0.988. The van der Waals surface area contributed by atoms with Gasteiger partial charge in [0.1, 0.15) is 5.75 Å². The predicted octanol–water partition coefficient (Wildman–Crippen LogP) is 3.29. The lowest BCUT2D eigenvalue weighted by molar-refractivity contribution is -0.147. The van der Waals surface area contributed by atoms with Gasteiger partial charge in [-0.2, -0.15) is 0 Å². The third-order valence-corrected chi connectivity index (χ3v) is 2.81. The quantitative estimate of drug-likeness (QED) is 0.841. The summed E-state index contributed by atoms with van der Waals surface area (Å²) in [4.78, 5) is 20.5. The lowest BCUT2D eigenvalue weighted by Crippen LogP contribution is -2.25. The van der Waals surface area contributed by atoms with Crippen LogP contribution in [0.1, 0.15) is 34.1 Å². The van der Waals surface area contributed by atoms with Crippen LogP contribution in [0.15, 0.2) is 30.3 Å². The van der Waals surface area contributed by atoms with Crippen LogP contribution in [0.4, 0.5) is 0 Å². The molecule has 5 heteroatoms. The fourth-order valence-electron chi connectivity index (χ4n) is 1.05. The molecular formula is C16H24O5. The number of hydrogen-bond acceptors (Lipinski definition) is 3. The van der Waals surface area contributed by atoms with Crippen LogP contribution in [0, 0.1) is 11.3 Å². The maximum Gasteiger partial charge on any atom is 0.309 e. The molecule has 1 rings (SSSR count). The van der Waals surface area contributed by atoms with Crippen molar-refractivity contribution in [3.8, 4) is 5.75 Å². The van der Waals surface area contributed by atoms with Gasteiger partial charge in [-0.15, -0.1) is 0 Å². The Bertz CT molecular complexity index is 437. The van der Waals surface area contributed by atoms with Gasteiger partial charge in [0, 0.05) is 0 Å². The number of carbonyl (C=O) groups is 2. The van der Waals surface area contributed by atoms with Crippen molar-refractivity contribution in [3.63, 3.8) is 0 Å². The van der Waals surface area contributed by atoms with E-state index in [9.17, 15) is 9.59 Å². The standard InChI is InChI=1S/C12H16O3.C4H8O2/c1-12(2,11(13)14)8-9-15-10-6-4-3-5-7-10;1-3(2)4(5)6/h3-7H,8-9H2,1-2H3,(H,13,14);3H,1-2H3,(H,5,6). The second-order valence-electron chi connectivity index (χ2n) is 5.59. The Kier molecular flexibility index (Phi) is 8.12. The number of hydrogen-bond donors (Lipinski definition) is 2. The predicted molar refractivity (Wildman–Crippen MR) is 80.4 cm³/mol. The molecule has 118 valence electrons. The van der Waals surface area contributed by atoms with E-state index >= 15 is 0 Å². The maximum absolute atomic E-state index is 10.8. The molecule has 0 aliphatic rings. The molecule has 0 bridgehead atoms. The van der Waals surface area contributed by atoms with E-state index in [4.69, 9.17) is 14.9 Å². The average Bonchev–Trinajstić information content (AvgIpc) is 2.40. The van der Waals surface area contributed by atoms with Crippen LogP contribution in [0.2, 0.25) is 0 Å². The highest BCUT2D eigenvalue weighted by Crippen LogP contribution is 2.21. The number of carboxylic acid groups (broad SMARTS) is 2. The van der Waals surface area contributed by atoms with Crippen molar-refractivity contribution in [2.24, 2.45) is 11.3 Å². The van der Waals surface area contributed by atoms with Gasteiger partial charge in [0.05, 0.1) is 17.9 Å². The van der Waals surface area contributed by atoms with Crippen LogP contribution in [-0.2, 0) is 9.59 Å². The van der Waals surface area contributed by atoms with Gasteiger partial charge in [0.25, 0.3) is 0 Å². The summed E-state index contributed by atoms with van der Waals surface area (Å²) in [5, 5.41) is 16.9. The zero-order chi connectivity index (χ0) is 16.5. The summed E-state index contributed by atoms with van der Waals surface area (Å²) in [6.07, 6.45) is 0.497. The van der Waals surface area contributed by atoms with Gasteiger partial charge in [-0.05, 0) is 32.4 Å². The number of para-hydroxylation sites is 1. The van der Waals surface area contributed by atoms with E-state index in [-0.39, 0.29) is 5.92 Å². The molecule has 0 heterocycles. The van der Waals surface area contributed by atoms with Crippen molar-refractivity contribution in [1.29, 1.82) is 0 Å². The summed E-state index contributed by atoms with van der Waals surface area (Å²) >= 11 is 0. The van der Waals surface area contributed by atoms with Gasteiger partial charge < -0.3 is 14.9 Å². The third-order valence-electron chi connectivity index (χ3n) is 2.81. The first kappa shape index (κ1) is 19.0. The van der Waals surface area contributed by atoms with Crippen LogP contribution in [-0.4, -0.2) is 28.8 Å². The molecule has 0 fully saturated rings. The van der Waals surface area contributed by atoms with Gasteiger partial charge >= 0.3 is 11.9 Å². The van der Waals surface area contributed by atoms with Gasteiger partial charge in [-0.25, -0.2) is 0 Å². The first-order valence-corrected chi connectivity index (χ1v) is 6.81. The highest BCUT2D eigenvalue weighted by molar-refractivity contribution is 5.73. The molecule has 1 aromatic rings. The van der Waals surface area contributed by atoms with Crippen LogP contribution < -0.4 is 4.74 Å². The van der Waals surface area contributed by atoms with Crippen molar-refractivity contribution in [1.82, 2.24) is 0 Å². The van der Waals surface area contributed by atoms with Crippen molar-refractivity contribution in [3.05, 3.63) is 30.3 Å². The molecule has 0 saturated carbocycles. The molecule has 5 nitrogen and oxygen atoms in total. The van der Waals surface area contributed by atoms with E-state index in [0.29, 0.717) is 13.0 Å². The Labute approximate surface area is 125 Å². The molecule has 0 unspecified atom stereocenters. The second-order valence-corrected chi connectivity index (χ2v) is 5.59. The lowest BCUT2D eigenvalue weighted by Gasteiger charge is -2.18. The minimum absolute atomic E-state index is 0.231. The number of aliphatic carboxylic acids is 2. The first-order valence-electron chi connectivity index (χ1n) is 6.81. The molecule has 21 heavy (non-hydrogen) atoms. The molecule has 0 aliphatic carbocycles. The molecule has 0 saturated heterocycles. The maximum atomic E-state index is 10.8. The summed E-state index contributed by atoms with van der Waals surface area (Å²) in [7, 11) is 0. The topological polar surface area (TPSA) is 83.8 Å². The lowest BCUT2D eigenvalue weighted by atomic mass is 9.90. The Morgan fingerprint density at radius 2 is 1.62 bits per heavy atom. The van der Waals surface area contributed by atoms with E-state index in [1.807, 2.05) is 30.3 Å². The molecule has 1 aromatic carbocycles. The average molecular weight is 296 g/mol. The van der Waals surface area contributed by atoms with E-state index in [2.05, 4.69) is 0 Å². The van der Waals surface area contributed by atoms with Crippen molar-refractivity contribution >= 4 is 11.9 Å². The zero-order valence-electron chi connectivity index (χ0n) is 13.0. The van der Waals surface area contributed by atoms with Crippen LogP contribution in [0.3, 0.4) is 0 Å². The van der Waals surface area contributed by atoms with Crippen LogP contribution in [0.5, 0.6) is 5.75 Å². The largest absolute Gasteiger partial charge is 0.494 e. The summed E-state index contributed by atoms with van der Waals surface area (Å²) in [6, 6.07) is 9.39. The van der Waals surface area contributed by atoms with E-state index in [1.54, 1.807) is 27.7 Å². The van der Waals surface area contributed by atoms with Gasteiger partial charge in [-0.3, -0.25) is 9.59 Å². The monoisotopic (exact) mass is 296 g/mol. The Hall–Kier alpha value is -2.04. The summed E-state index contributed by atoms with van der Waals surface area (Å²) in [6.45, 7) is 7.10. The van der Waals surface area contributed by atoms with Crippen molar-refractivity contribution < 1.29 is 24.5 Å². The van der Waals surface area contributed by atoms with Gasteiger partial charge in [-0.1, -0.05) is 32.0 Å². The van der Waals surface area contributed by atoms with Gasteiger partial charge in [0.15, 0.2) is 0 Å².